The summed E-state index contributed by atoms with van der Waals surface area (Å²) in [5.41, 5.74) is -0.788. The molecule has 5 nitrogen and oxygen atoms in total. The van der Waals surface area contributed by atoms with Gasteiger partial charge in [0, 0.05) is 49.3 Å². The van der Waals surface area contributed by atoms with Gasteiger partial charge in [0.1, 0.15) is 0 Å². The number of hydrogen-bond acceptors (Lipinski definition) is 5. The van der Waals surface area contributed by atoms with E-state index in [0.717, 1.165) is 38.8 Å². The predicted octanol–water partition coefficient (Wildman–Crippen LogP) is 1.25. The smallest absolute Gasteiger partial charge is 0.0771 e. The van der Waals surface area contributed by atoms with Crippen molar-refractivity contribution in [2.24, 2.45) is 40.4 Å². The number of aliphatic hydroxyl groups excluding tert-OH is 2. The van der Waals surface area contributed by atoms with Crippen molar-refractivity contribution in [3.8, 4) is 0 Å². The monoisotopic (exact) mass is 377 g/mol. The van der Waals surface area contributed by atoms with E-state index in [1.54, 1.807) is 7.11 Å². The molecule has 0 aromatic heterocycles. The molecule has 5 aliphatic carbocycles. The lowest BCUT2D eigenvalue weighted by Gasteiger charge is -2.68. The molecule has 12 atom stereocenters. The van der Waals surface area contributed by atoms with Gasteiger partial charge in [-0.25, -0.2) is 0 Å². The van der Waals surface area contributed by atoms with E-state index in [2.05, 4.69) is 18.7 Å². The molecule has 3 N–H and O–H groups in total. The molecule has 1 spiro atoms. The molecule has 1 aliphatic heterocycles. The predicted molar refractivity (Wildman–Crippen MR) is 99.9 cm³/mol. The third-order valence-electron chi connectivity index (χ3n) is 10.7. The molecule has 7 bridgehead atoms. The molecule has 6 rings (SSSR count). The minimum Gasteiger partial charge on any atom is -0.392 e. The summed E-state index contributed by atoms with van der Waals surface area (Å²) in [5, 5.41) is 34.9. The third-order valence-corrected chi connectivity index (χ3v) is 10.7. The topological polar surface area (TPSA) is 73.2 Å². The molecular weight excluding hydrogens is 342 g/mol. The number of aliphatic hydroxyl groups is 3. The average molecular weight is 378 g/mol. The molecule has 5 saturated carbocycles. The van der Waals surface area contributed by atoms with Crippen LogP contribution in [0.25, 0.3) is 0 Å². The van der Waals surface area contributed by atoms with Crippen molar-refractivity contribution in [1.82, 2.24) is 4.90 Å². The van der Waals surface area contributed by atoms with E-state index in [-0.39, 0.29) is 52.8 Å². The highest BCUT2D eigenvalue weighted by molar-refractivity contribution is 5.32. The van der Waals surface area contributed by atoms with Gasteiger partial charge in [-0.15, -0.1) is 0 Å². The van der Waals surface area contributed by atoms with Crippen LogP contribution in [0.4, 0.5) is 0 Å². The van der Waals surface area contributed by atoms with Gasteiger partial charge in [-0.3, -0.25) is 4.90 Å². The lowest BCUT2D eigenvalue weighted by molar-refractivity contribution is -0.266. The molecular formula is C22H35NO4. The average Bonchev–Trinajstić information content (AvgIpc) is 3.07. The first-order valence-corrected chi connectivity index (χ1v) is 11.2. The lowest BCUT2D eigenvalue weighted by atomic mass is 9.43. The van der Waals surface area contributed by atoms with Crippen molar-refractivity contribution < 1.29 is 20.1 Å². The SMILES string of the molecule is CCN1C[C@]2(C)CC[C@H](O)[C@]34[C@@H]5C[C@H]6[C@H](O)[C@@H]5[C@](O)(C[C@@H]6OC)[C@@H](C[C@H]23)[C@@H]14. The highest BCUT2D eigenvalue weighted by Crippen LogP contribution is 2.78. The highest BCUT2D eigenvalue weighted by Gasteiger charge is 2.82. The first-order valence-electron chi connectivity index (χ1n) is 11.2. The zero-order chi connectivity index (χ0) is 18.9. The van der Waals surface area contributed by atoms with Gasteiger partial charge in [0.25, 0.3) is 0 Å². The summed E-state index contributed by atoms with van der Waals surface area (Å²) in [7, 11) is 1.73. The number of ether oxygens (including phenoxy) is 1. The first-order chi connectivity index (χ1) is 12.8. The fraction of sp³-hybridized carbons (Fsp3) is 1.00. The van der Waals surface area contributed by atoms with Crippen molar-refractivity contribution in [3.63, 3.8) is 0 Å². The van der Waals surface area contributed by atoms with Crippen LogP contribution in [0.1, 0.15) is 46.0 Å². The van der Waals surface area contributed by atoms with Crippen LogP contribution < -0.4 is 0 Å². The second-order valence-corrected chi connectivity index (χ2v) is 11.1. The quantitative estimate of drug-likeness (QED) is 0.676. The molecule has 27 heavy (non-hydrogen) atoms. The fourth-order valence-corrected chi connectivity index (χ4v) is 10.1. The summed E-state index contributed by atoms with van der Waals surface area (Å²) >= 11 is 0. The minimum absolute atomic E-state index is 0.0657. The molecule has 0 aromatic rings. The maximum Gasteiger partial charge on any atom is 0.0771 e. The molecule has 0 aromatic carbocycles. The standard InChI is InChI=1S/C22H35NO4/c1-4-23-10-20(2)6-5-16(24)22-12-7-11-14(27-3)9-21(26,17(12)18(11)25)13(19(22)23)8-15(20)22/h11-19,24-26H,4-10H2,1-3H3/t11-,12-,13+,14+,15-,16+,17-,18+,19-,20+,21+,22+/m1/s1. The van der Waals surface area contributed by atoms with Gasteiger partial charge < -0.3 is 20.1 Å². The zero-order valence-corrected chi connectivity index (χ0v) is 16.8. The maximum atomic E-state index is 12.1. The van der Waals surface area contributed by atoms with Crippen LogP contribution >= 0.6 is 0 Å². The van der Waals surface area contributed by atoms with Gasteiger partial charge in [0.2, 0.25) is 0 Å². The molecule has 0 radical (unpaired) electrons. The van der Waals surface area contributed by atoms with Crippen LogP contribution in [-0.2, 0) is 4.74 Å². The number of nitrogens with zero attached hydrogens (tertiary/aromatic N) is 1. The molecule has 0 unspecified atom stereocenters. The molecule has 6 fully saturated rings. The molecule has 1 heterocycles. The van der Waals surface area contributed by atoms with E-state index in [1.165, 1.54) is 0 Å². The number of hydrogen-bond donors (Lipinski definition) is 3. The van der Waals surface area contributed by atoms with Gasteiger partial charge in [0.15, 0.2) is 0 Å². The van der Waals surface area contributed by atoms with Gasteiger partial charge >= 0.3 is 0 Å². The van der Waals surface area contributed by atoms with E-state index in [0.29, 0.717) is 12.3 Å². The van der Waals surface area contributed by atoms with Gasteiger partial charge in [0.05, 0.1) is 23.9 Å². The zero-order valence-electron chi connectivity index (χ0n) is 16.8. The highest BCUT2D eigenvalue weighted by atomic mass is 16.5. The van der Waals surface area contributed by atoms with Crippen LogP contribution in [0.5, 0.6) is 0 Å². The Labute approximate surface area is 162 Å². The fourth-order valence-electron chi connectivity index (χ4n) is 10.1. The summed E-state index contributed by atoms with van der Waals surface area (Å²) in [6.45, 7) is 6.74. The summed E-state index contributed by atoms with van der Waals surface area (Å²) in [6.07, 6.45) is 3.66. The van der Waals surface area contributed by atoms with E-state index in [1.807, 2.05) is 0 Å². The van der Waals surface area contributed by atoms with Crippen LogP contribution in [0.2, 0.25) is 0 Å². The second-order valence-electron chi connectivity index (χ2n) is 11.1. The summed E-state index contributed by atoms with van der Waals surface area (Å²) in [6, 6.07) is 0.253. The maximum absolute atomic E-state index is 12.1. The number of methoxy groups -OCH3 is 1. The van der Waals surface area contributed by atoms with Crippen LogP contribution in [0, 0.1) is 40.4 Å². The van der Waals surface area contributed by atoms with Gasteiger partial charge in [-0.2, -0.15) is 0 Å². The third kappa shape index (κ3) is 1.66. The Bertz CT molecular complexity index is 673. The Morgan fingerprint density at radius 3 is 2.67 bits per heavy atom. The molecule has 5 heteroatoms. The number of fused-ring (bicyclic) bond motifs is 2. The van der Waals surface area contributed by atoms with E-state index in [4.69, 9.17) is 4.74 Å². The van der Waals surface area contributed by atoms with Crippen LogP contribution in [0.15, 0.2) is 0 Å². The summed E-state index contributed by atoms with van der Waals surface area (Å²) in [4.78, 5) is 2.60. The second kappa shape index (κ2) is 5.10. The first kappa shape index (κ1) is 17.6. The van der Waals surface area contributed by atoms with Crippen molar-refractivity contribution in [1.29, 1.82) is 0 Å². The Kier molecular flexibility index (Phi) is 3.33. The number of likely N-dealkylation sites (tertiary alicyclic amines) is 1. The van der Waals surface area contributed by atoms with Crippen molar-refractivity contribution in [2.75, 3.05) is 20.2 Å². The Morgan fingerprint density at radius 1 is 1.19 bits per heavy atom. The normalized spacial score (nSPS) is 66.2. The van der Waals surface area contributed by atoms with Gasteiger partial charge in [-0.05, 0) is 49.5 Å². The summed E-state index contributed by atoms with van der Waals surface area (Å²) in [5.74, 6) is 0.840. The number of rotatable bonds is 2. The van der Waals surface area contributed by atoms with Crippen molar-refractivity contribution in [3.05, 3.63) is 0 Å². The summed E-state index contributed by atoms with van der Waals surface area (Å²) < 4.78 is 5.79. The Hall–Kier alpha value is -0.200. The lowest BCUT2D eigenvalue weighted by Crippen LogP contribution is -2.75. The molecule has 0 amide bonds. The largest absolute Gasteiger partial charge is 0.392 e. The molecule has 6 aliphatic rings. The van der Waals surface area contributed by atoms with Crippen molar-refractivity contribution >= 4 is 0 Å². The number of piperidine rings is 1. The van der Waals surface area contributed by atoms with E-state index in [9.17, 15) is 15.3 Å². The van der Waals surface area contributed by atoms with Crippen molar-refractivity contribution in [2.45, 2.75) is 75.9 Å². The van der Waals surface area contributed by atoms with Crippen LogP contribution in [-0.4, -0.2) is 70.4 Å². The Morgan fingerprint density at radius 2 is 1.96 bits per heavy atom. The Balaban J connectivity index is 1.59. The van der Waals surface area contributed by atoms with E-state index >= 15 is 0 Å². The van der Waals surface area contributed by atoms with Crippen LogP contribution in [0.3, 0.4) is 0 Å². The minimum atomic E-state index is -0.858. The van der Waals surface area contributed by atoms with E-state index < -0.39 is 11.7 Å². The van der Waals surface area contributed by atoms with Gasteiger partial charge in [-0.1, -0.05) is 13.8 Å². The molecule has 1 saturated heterocycles. The molecule has 152 valence electrons.